The fraction of sp³-hybridized carbons (Fsp3) is 0.421. The van der Waals surface area contributed by atoms with Gasteiger partial charge in [-0.15, -0.1) is 0 Å². The fourth-order valence-electron chi connectivity index (χ4n) is 7.61. The first-order chi connectivity index (χ1) is 28.4. The van der Waals surface area contributed by atoms with E-state index in [4.69, 9.17) is 16.6 Å². The molecule has 0 spiro atoms. The second-order valence-electron chi connectivity index (χ2n) is 23.4. The van der Waals surface area contributed by atoms with Crippen LogP contribution < -0.4 is 9.80 Å². The van der Waals surface area contributed by atoms with E-state index >= 15 is 0 Å². The number of hydrogen-bond donors (Lipinski definition) is 0. The van der Waals surface area contributed by atoms with Gasteiger partial charge in [-0.2, -0.15) is 0 Å². The Balaban J connectivity index is 1.68. The molecule has 0 radical (unpaired) electrons. The lowest BCUT2D eigenvalue weighted by Crippen LogP contribution is -2.20. The number of nitrogens with zero attached hydrogens (tertiary/aromatic N) is 3. The molecule has 0 fully saturated rings. The molecule has 0 saturated carbocycles. The average molecular weight is 867 g/mol. The summed E-state index contributed by atoms with van der Waals surface area (Å²) in [6, 6.07) is 38.7. The molecular formula is C57H72ClN3S. The van der Waals surface area contributed by atoms with Crippen molar-refractivity contribution >= 4 is 56.4 Å². The maximum Gasteiger partial charge on any atom is 0.125 e. The van der Waals surface area contributed by atoms with Crippen LogP contribution in [-0.2, 0) is 32.5 Å². The molecule has 0 N–H and O–H groups in total. The number of rotatable bonds is 7. The molecule has 5 heteroatoms. The van der Waals surface area contributed by atoms with Crippen molar-refractivity contribution in [1.29, 1.82) is 0 Å². The van der Waals surface area contributed by atoms with Crippen LogP contribution in [0.25, 0.3) is 10.6 Å². The minimum Gasteiger partial charge on any atom is -0.309 e. The highest BCUT2D eigenvalue weighted by molar-refractivity contribution is 7.19. The summed E-state index contributed by atoms with van der Waals surface area (Å²) < 4.78 is 0. The van der Waals surface area contributed by atoms with Gasteiger partial charge in [-0.1, -0.05) is 202 Å². The number of aromatic nitrogens is 1. The van der Waals surface area contributed by atoms with E-state index < -0.39 is 0 Å². The Morgan fingerprint density at radius 3 is 1.10 bits per heavy atom. The molecule has 1 heterocycles. The zero-order valence-electron chi connectivity index (χ0n) is 41.0. The van der Waals surface area contributed by atoms with E-state index in [1.165, 1.54) is 33.4 Å². The Hall–Kier alpha value is -4.38. The first-order valence-corrected chi connectivity index (χ1v) is 23.5. The topological polar surface area (TPSA) is 19.4 Å². The third-order valence-electron chi connectivity index (χ3n) is 12.0. The molecule has 6 rings (SSSR count). The molecule has 6 aromatic rings. The molecular weight excluding hydrogens is 794 g/mol. The molecule has 0 saturated heterocycles. The van der Waals surface area contributed by atoms with Crippen LogP contribution >= 0.6 is 22.9 Å². The molecule has 0 aliphatic carbocycles. The molecule has 0 bridgehead atoms. The van der Waals surface area contributed by atoms with Gasteiger partial charge in [-0.25, -0.2) is 4.98 Å². The number of benzene rings is 5. The van der Waals surface area contributed by atoms with Crippen molar-refractivity contribution in [2.24, 2.45) is 0 Å². The van der Waals surface area contributed by atoms with Crippen LogP contribution in [0, 0.1) is 0 Å². The Morgan fingerprint density at radius 1 is 0.387 bits per heavy atom. The second kappa shape index (κ2) is 16.6. The zero-order chi connectivity index (χ0) is 46.0. The van der Waals surface area contributed by atoms with Crippen LogP contribution in [-0.4, -0.2) is 4.98 Å². The van der Waals surface area contributed by atoms with E-state index in [1.54, 1.807) is 11.3 Å². The number of halogens is 1. The van der Waals surface area contributed by atoms with E-state index in [2.05, 4.69) is 238 Å². The van der Waals surface area contributed by atoms with Gasteiger partial charge in [0.2, 0.25) is 0 Å². The quantitative estimate of drug-likeness (QED) is 0.159. The summed E-state index contributed by atoms with van der Waals surface area (Å²) in [5.41, 5.74) is 13.4. The largest absolute Gasteiger partial charge is 0.309 e. The van der Waals surface area contributed by atoms with Crippen molar-refractivity contribution in [3.05, 3.63) is 148 Å². The van der Waals surface area contributed by atoms with E-state index in [0.717, 1.165) is 44.0 Å². The van der Waals surface area contributed by atoms with E-state index in [1.807, 2.05) is 6.20 Å². The van der Waals surface area contributed by atoms with Crippen LogP contribution in [0.5, 0.6) is 0 Å². The number of anilines is 6. The van der Waals surface area contributed by atoms with Crippen LogP contribution in [0.3, 0.4) is 0 Å². The zero-order valence-corrected chi connectivity index (χ0v) is 42.6. The molecule has 3 nitrogen and oxygen atoms in total. The van der Waals surface area contributed by atoms with Crippen LogP contribution in [0.1, 0.15) is 158 Å². The van der Waals surface area contributed by atoms with Crippen LogP contribution in [0.4, 0.5) is 33.4 Å². The summed E-state index contributed by atoms with van der Waals surface area (Å²) in [6.07, 6.45) is 2.03. The van der Waals surface area contributed by atoms with Gasteiger partial charge in [0.05, 0.1) is 22.6 Å². The van der Waals surface area contributed by atoms with Gasteiger partial charge in [0, 0.05) is 22.6 Å². The Labute approximate surface area is 384 Å². The minimum absolute atomic E-state index is 0.0188. The summed E-state index contributed by atoms with van der Waals surface area (Å²) in [4.78, 5) is 9.85. The molecule has 1 aromatic heterocycles. The van der Waals surface area contributed by atoms with Crippen molar-refractivity contribution in [2.45, 2.75) is 157 Å². The molecule has 62 heavy (non-hydrogen) atoms. The molecule has 0 aliphatic rings. The maximum atomic E-state index is 8.07. The lowest BCUT2D eigenvalue weighted by atomic mass is 9.80. The average Bonchev–Trinajstić information content (AvgIpc) is 3.64. The van der Waals surface area contributed by atoms with Gasteiger partial charge in [-0.3, -0.25) is 4.90 Å². The van der Waals surface area contributed by atoms with Gasteiger partial charge in [0.15, 0.2) is 0 Å². The molecule has 5 aromatic carbocycles. The molecule has 0 amide bonds. The minimum atomic E-state index is -0.199. The highest BCUT2D eigenvalue weighted by Gasteiger charge is 2.30. The third-order valence-corrected chi connectivity index (χ3v) is 13.4. The van der Waals surface area contributed by atoms with Gasteiger partial charge in [0.25, 0.3) is 0 Å². The monoisotopic (exact) mass is 866 g/mol. The predicted molar refractivity (Wildman–Crippen MR) is 274 cm³/mol. The predicted octanol–water partition coefficient (Wildman–Crippen LogP) is 18.2. The van der Waals surface area contributed by atoms with Crippen molar-refractivity contribution in [3.8, 4) is 10.6 Å². The first kappa shape index (κ1) is 47.1. The lowest BCUT2D eigenvalue weighted by Gasteiger charge is -2.34. The summed E-state index contributed by atoms with van der Waals surface area (Å²) in [6.45, 7) is 41.0. The van der Waals surface area contributed by atoms with E-state index in [0.29, 0.717) is 5.02 Å². The normalized spacial score (nSPS) is 13.1. The highest BCUT2D eigenvalue weighted by Crippen LogP contribution is 2.51. The first-order valence-electron chi connectivity index (χ1n) is 22.3. The summed E-state index contributed by atoms with van der Waals surface area (Å²) in [5, 5.41) is 2.64. The smallest absolute Gasteiger partial charge is 0.125 e. The Kier molecular flexibility index (Phi) is 12.6. The van der Waals surface area contributed by atoms with Crippen molar-refractivity contribution in [2.75, 3.05) is 9.80 Å². The molecule has 0 atom stereocenters. The maximum absolute atomic E-state index is 8.07. The summed E-state index contributed by atoms with van der Waals surface area (Å²) >= 11 is 9.77. The van der Waals surface area contributed by atoms with Crippen molar-refractivity contribution < 1.29 is 0 Å². The number of thiazole rings is 1. The lowest BCUT2D eigenvalue weighted by molar-refractivity contribution is 0.569. The van der Waals surface area contributed by atoms with E-state index in [9.17, 15) is 0 Å². The van der Waals surface area contributed by atoms with Gasteiger partial charge in [0.1, 0.15) is 10.0 Å². The Bertz CT molecular complexity index is 2410. The fourth-order valence-corrected chi connectivity index (χ4v) is 8.84. The standard InChI is InChI=1S/C57H72ClN3S/c1-52(2,3)38-21-19-37(20-22-38)51-59-36-49(62-51)61(46-32-41(55(10,11)12)31-42(33-46)56(13,14)15)48-35-43(57(16,17)18)34-47(50(48)58)60(44-27-23-39(24-28-44)53(4,5)6)45-29-25-40(26-30-45)54(7,8)9/h19-36H,1-18H3. The van der Waals surface area contributed by atoms with Crippen molar-refractivity contribution in [1.82, 2.24) is 4.98 Å². The third kappa shape index (κ3) is 10.3. The van der Waals surface area contributed by atoms with Gasteiger partial charge >= 0.3 is 0 Å². The van der Waals surface area contributed by atoms with Gasteiger partial charge < -0.3 is 4.90 Å². The van der Waals surface area contributed by atoms with Crippen LogP contribution in [0.15, 0.2) is 109 Å². The molecule has 0 unspecified atom stereocenters. The van der Waals surface area contributed by atoms with Crippen molar-refractivity contribution in [3.63, 3.8) is 0 Å². The molecule has 0 aliphatic heterocycles. The highest BCUT2D eigenvalue weighted by atomic mass is 35.5. The number of hydrogen-bond acceptors (Lipinski definition) is 4. The SMILES string of the molecule is CC(C)(C)c1ccc(-c2ncc(N(c3cc(C(C)(C)C)cc(C(C)(C)C)c3)c3cc(C(C)(C)C)cc(N(c4ccc(C(C)(C)C)cc4)c4ccc(C(C)(C)C)cc4)c3Cl)s2)cc1. The van der Waals surface area contributed by atoms with E-state index in [-0.39, 0.29) is 32.5 Å². The Morgan fingerprint density at radius 2 is 0.726 bits per heavy atom. The summed E-state index contributed by atoms with van der Waals surface area (Å²) in [7, 11) is 0. The summed E-state index contributed by atoms with van der Waals surface area (Å²) in [5.74, 6) is 0. The van der Waals surface area contributed by atoms with Gasteiger partial charge in [-0.05, 0) is 114 Å². The second-order valence-corrected chi connectivity index (χ2v) is 24.8. The molecule has 328 valence electrons. The van der Waals surface area contributed by atoms with Crippen LogP contribution in [0.2, 0.25) is 5.02 Å².